The molecule has 4 rings (SSSR count). The zero-order valence-corrected chi connectivity index (χ0v) is 24.9. The average Bonchev–Trinajstić information content (AvgIpc) is 3.31. The topological polar surface area (TPSA) is 15.3 Å². The third-order valence-electron chi connectivity index (χ3n) is 4.67. The van der Waals surface area contributed by atoms with Crippen molar-refractivity contribution in [3.63, 3.8) is 0 Å². The van der Waals surface area contributed by atoms with Gasteiger partial charge in [0.2, 0.25) is 0 Å². The molecule has 0 aromatic carbocycles. The SMILES string of the molecule is [CH3][Sn]([CH3])([CH3])[c]1ccc(C2=CC=C(c3cc[c]([Sn]([CH3])([CH3])[CH3])s3)N3SNC=C23)s1. The van der Waals surface area contributed by atoms with Gasteiger partial charge in [-0.2, -0.15) is 0 Å². The molecule has 27 heavy (non-hydrogen) atoms. The van der Waals surface area contributed by atoms with Gasteiger partial charge in [0.25, 0.3) is 0 Å². The number of thiophene rings is 2. The number of fused-ring (bicyclic) bond motifs is 1. The van der Waals surface area contributed by atoms with Crippen LogP contribution in [0.4, 0.5) is 0 Å². The average molecular weight is 628 g/mol. The first-order valence-electron chi connectivity index (χ1n) is 9.21. The molecule has 7 heteroatoms. The first-order valence-corrected chi connectivity index (χ1v) is 31.6. The van der Waals surface area contributed by atoms with Crippen molar-refractivity contribution < 1.29 is 0 Å². The van der Waals surface area contributed by atoms with Crippen molar-refractivity contribution in [2.75, 3.05) is 0 Å². The van der Waals surface area contributed by atoms with Gasteiger partial charge in [-0.25, -0.2) is 0 Å². The van der Waals surface area contributed by atoms with Gasteiger partial charge in [0.15, 0.2) is 0 Å². The molecule has 0 radical (unpaired) electrons. The maximum absolute atomic E-state index is 3.37. The Morgan fingerprint density at radius 3 is 1.93 bits per heavy atom. The number of nitrogens with one attached hydrogen (secondary N) is 1. The molecule has 2 aliphatic rings. The van der Waals surface area contributed by atoms with Crippen molar-refractivity contribution in [1.29, 1.82) is 0 Å². The summed E-state index contributed by atoms with van der Waals surface area (Å²) in [6.07, 6.45) is 6.78. The zero-order chi connectivity index (χ0) is 19.4. The van der Waals surface area contributed by atoms with Crippen molar-refractivity contribution >= 4 is 88.6 Å². The van der Waals surface area contributed by atoms with E-state index in [1.165, 1.54) is 26.7 Å². The van der Waals surface area contributed by atoms with Gasteiger partial charge in [-0.05, 0) is 0 Å². The third kappa shape index (κ3) is 4.08. The molecular formula is C20H26N2S3Sn2. The summed E-state index contributed by atoms with van der Waals surface area (Å²) in [5, 5.41) is 0. The monoisotopic (exact) mass is 630 g/mol. The number of allylic oxidation sites excluding steroid dienone is 3. The van der Waals surface area contributed by atoms with E-state index in [2.05, 4.69) is 81.3 Å². The summed E-state index contributed by atoms with van der Waals surface area (Å²) < 4.78 is 9.01. The molecular weight excluding hydrogens is 602 g/mol. The first kappa shape index (κ1) is 20.4. The van der Waals surface area contributed by atoms with Crippen molar-refractivity contribution in [3.8, 4) is 0 Å². The van der Waals surface area contributed by atoms with E-state index in [4.69, 9.17) is 0 Å². The standard InChI is InChI=1S/C14H8N2S3.6CH3.2Sn/c1-3-13(17-7-1)10-5-6-11(14-4-2-8-18-14)16-12(10)9-15-19-16;;;;;;;;/h1-6,9,15H;6*1H3;;. The van der Waals surface area contributed by atoms with E-state index in [9.17, 15) is 0 Å². The van der Waals surface area contributed by atoms with E-state index >= 15 is 0 Å². The molecule has 2 aromatic heterocycles. The Morgan fingerprint density at radius 1 is 0.741 bits per heavy atom. The molecule has 1 N–H and O–H groups in total. The van der Waals surface area contributed by atoms with E-state index < -0.39 is 36.8 Å². The zero-order valence-electron chi connectivity index (χ0n) is 16.7. The molecule has 0 spiro atoms. The van der Waals surface area contributed by atoms with Crippen LogP contribution in [-0.4, -0.2) is 41.1 Å². The van der Waals surface area contributed by atoms with Gasteiger partial charge < -0.3 is 0 Å². The van der Waals surface area contributed by atoms with Gasteiger partial charge in [-0.1, -0.05) is 0 Å². The van der Waals surface area contributed by atoms with Crippen LogP contribution in [0.3, 0.4) is 0 Å². The minimum atomic E-state index is -2.01. The second kappa shape index (κ2) is 7.45. The van der Waals surface area contributed by atoms with Gasteiger partial charge in [-0.15, -0.1) is 0 Å². The number of rotatable bonds is 4. The molecule has 0 fully saturated rings. The Balaban J connectivity index is 1.72. The van der Waals surface area contributed by atoms with Crippen LogP contribution in [0.1, 0.15) is 9.75 Å². The summed E-state index contributed by atoms with van der Waals surface area (Å²) in [6, 6.07) is 9.39. The fourth-order valence-corrected chi connectivity index (χ4v) is 16.5. The number of nitrogens with zero attached hydrogens (tertiary/aromatic N) is 1. The molecule has 0 aliphatic carbocycles. The summed E-state index contributed by atoms with van der Waals surface area (Å²) in [5.41, 5.74) is 3.93. The van der Waals surface area contributed by atoms with Crippen molar-refractivity contribution in [3.05, 3.63) is 58.1 Å². The van der Waals surface area contributed by atoms with Crippen molar-refractivity contribution in [2.45, 2.75) is 29.6 Å². The van der Waals surface area contributed by atoms with Gasteiger partial charge >= 0.3 is 185 Å². The van der Waals surface area contributed by atoms with Crippen LogP contribution < -0.4 is 10.5 Å². The molecule has 2 nitrogen and oxygen atoms in total. The minimum absolute atomic E-state index is 1.28. The fourth-order valence-electron chi connectivity index (χ4n) is 3.08. The summed E-state index contributed by atoms with van der Waals surface area (Å²) in [7, 11) is 0. The van der Waals surface area contributed by atoms with Crippen LogP contribution in [0.2, 0.25) is 29.6 Å². The van der Waals surface area contributed by atoms with Crippen LogP contribution in [0, 0.1) is 0 Å². The molecule has 0 saturated carbocycles. The van der Waals surface area contributed by atoms with Crippen molar-refractivity contribution in [2.24, 2.45) is 0 Å². The van der Waals surface area contributed by atoms with Crippen LogP contribution in [0.15, 0.2) is 48.3 Å². The predicted molar refractivity (Wildman–Crippen MR) is 131 cm³/mol. The molecule has 2 aromatic rings. The summed E-state index contributed by atoms with van der Waals surface area (Å²) >= 11 is 1.66. The number of hydrogen-bond donors (Lipinski definition) is 1. The molecule has 0 saturated heterocycles. The van der Waals surface area contributed by atoms with E-state index in [1.54, 1.807) is 17.9 Å². The molecule has 0 unspecified atom stereocenters. The Morgan fingerprint density at radius 2 is 1.33 bits per heavy atom. The Hall–Kier alpha value is 0.167. The van der Waals surface area contributed by atoms with Crippen LogP contribution in [0.5, 0.6) is 0 Å². The molecule has 0 amide bonds. The van der Waals surface area contributed by atoms with Gasteiger partial charge in [-0.3, -0.25) is 0 Å². The third-order valence-corrected chi connectivity index (χ3v) is 26.7. The predicted octanol–water partition coefficient (Wildman–Crippen LogP) is 5.65. The van der Waals surface area contributed by atoms with Crippen LogP contribution >= 0.6 is 34.8 Å². The molecule has 2 aliphatic heterocycles. The molecule has 0 atom stereocenters. The Labute approximate surface area is 183 Å². The number of hydrogen-bond acceptors (Lipinski definition) is 5. The van der Waals surface area contributed by atoms with Gasteiger partial charge in [0.05, 0.1) is 0 Å². The summed E-state index contributed by atoms with van der Waals surface area (Å²) in [6.45, 7) is 0. The molecule has 0 bridgehead atoms. The fraction of sp³-hybridized carbons (Fsp3) is 0.300. The van der Waals surface area contributed by atoms with Crippen molar-refractivity contribution in [1.82, 2.24) is 9.03 Å². The second-order valence-corrected chi connectivity index (χ2v) is 42.8. The Bertz CT molecular complexity index is 968. The summed E-state index contributed by atoms with van der Waals surface area (Å²) in [5.74, 6) is 0. The van der Waals surface area contributed by atoms with Gasteiger partial charge in [0.1, 0.15) is 0 Å². The van der Waals surface area contributed by atoms with Crippen LogP contribution in [0.25, 0.3) is 11.3 Å². The van der Waals surface area contributed by atoms with E-state index in [0.29, 0.717) is 0 Å². The van der Waals surface area contributed by atoms with E-state index in [1.807, 2.05) is 22.7 Å². The quantitative estimate of drug-likeness (QED) is 0.349. The van der Waals surface area contributed by atoms with Gasteiger partial charge in [0, 0.05) is 0 Å². The first-order chi connectivity index (χ1) is 12.6. The normalized spacial score (nSPS) is 17.3. The second-order valence-electron chi connectivity index (χ2n) is 8.99. The van der Waals surface area contributed by atoms with Crippen LogP contribution in [-0.2, 0) is 0 Å². The summed E-state index contributed by atoms with van der Waals surface area (Å²) in [4.78, 5) is 17.7. The molecule has 4 heterocycles. The van der Waals surface area contributed by atoms with E-state index in [-0.39, 0.29) is 0 Å². The Kier molecular flexibility index (Phi) is 5.64. The van der Waals surface area contributed by atoms with E-state index in [0.717, 1.165) is 0 Å². The maximum atomic E-state index is 3.37. The molecule has 142 valence electrons.